The fraction of sp³-hybridized carbons (Fsp3) is 0.692. The van der Waals surface area contributed by atoms with Crippen LogP contribution in [0.5, 0.6) is 0 Å². The molecule has 1 unspecified atom stereocenters. The highest BCUT2D eigenvalue weighted by Gasteiger charge is 2.20. The van der Waals surface area contributed by atoms with Crippen molar-refractivity contribution in [2.45, 2.75) is 27.2 Å². The summed E-state index contributed by atoms with van der Waals surface area (Å²) in [5.74, 6) is 1.51. The molecule has 4 heteroatoms. The van der Waals surface area contributed by atoms with Gasteiger partial charge in [-0.2, -0.15) is 0 Å². The number of likely N-dealkylation sites (tertiary alicyclic amines) is 1. The lowest BCUT2D eigenvalue weighted by molar-refractivity contribution is 0.345. The lowest BCUT2D eigenvalue weighted by Crippen LogP contribution is -2.23. The summed E-state index contributed by atoms with van der Waals surface area (Å²) >= 11 is 0. The minimum Gasteiger partial charge on any atom is -0.354 e. The minimum absolute atomic E-state index is 0.736. The third-order valence-electron chi connectivity index (χ3n) is 3.35. The number of rotatable bonds is 4. The van der Waals surface area contributed by atoms with Crippen LogP contribution < -0.4 is 5.32 Å². The molecular formula is C13H22N4. The molecule has 1 saturated heterocycles. The summed E-state index contributed by atoms with van der Waals surface area (Å²) in [6, 6.07) is 2.00. The Bertz CT molecular complexity index is 357. The molecular weight excluding hydrogens is 212 g/mol. The zero-order valence-corrected chi connectivity index (χ0v) is 11.0. The van der Waals surface area contributed by atoms with E-state index in [0.29, 0.717) is 0 Å². The van der Waals surface area contributed by atoms with Crippen molar-refractivity contribution >= 4 is 5.95 Å². The van der Waals surface area contributed by atoms with Gasteiger partial charge in [-0.1, -0.05) is 6.92 Å². The second-order valence-corrected chi connectivity index (χ2v) is 4.90. The van der Waals surface area contributed by atoms with Crippen molar-refractivity contribution in [2.24, 2.45) is 5.92 Å². The largest absolute Gasteiger partial charge is 0.354 e. The predicted molar refractivity (Wildman–Crippen MR) is 70.2 cm³/mol. The summed E-state index contributed by atoms with van der Waals surface area (Å²) < 4.78 is 0. The van der Waals surface area contributed by atoms with Gasteiger partial charge >= 0.3 is 0 Å². The molecule has 1 aliphatic rings. The van der Waals surface area contributed by atoms with Gasteiger partial charge < -0.3 is 10.2 Å². The number of hydrogen-bond donors (Lipinski definition) is 1. The lowest BCUT2D eigenvalue weighted by Gasteiger charge is -2.14. The summed E-state index contributed by atoms with van der Waals surface area (Å²) in [5.41, 5.74) is 2.06. The Labute approximate surface area is 103 Å². The molecule has 2 rings (SSSR count). The van der Waals surface area contributed by atoms with Gasteiger partial charge in [0.1, 0.15) is 0 Å². The maximum atomic E-state index is 4.40. The number of nitrogens with zero attached hydrogens (tertiary/aromatic N) is 3. The van der Waals surface area contributed by atoms with E-state index >= 15 is 0 Å². The molecule has 1 fully saturated rings. The normalized spacial score (nSPS) is 20.8. The van der Waals surface area contributed by atoms with Crippen molar-refractivity contribution in [3.05, 3.63) is 17.5 Å². The van der Waals surface area contributed by atoms with Crippen LogP contribution in [0.15, 0.2) is 6.07 Å². The topological polar surface area (TPSA) is 41.0 Å². The Hall–Kier alpha value is -1.16. The van der Waals surface area contributed by atoms with E-state index in [0.717, 1.165) is 36.3 Å². The Morgan fingerprint density at radius 1 is 1.35 bits per heavy atom. The van der Waals surface area contributed by atoms with E-state index in [9.17, 15) is 0 Å². The van der Waals surface area contributed by atoms with Crippen LogP contribution in [0.1, 0.15) is 24.7 Å². The van der Waals surface area contributed by atoms with Crippen LogP contribution in [0, 0.1) is 19.8 Å². The SMILES string of the molecule is CCN1CCC(CNc2nc(C)cc(C)n2)C1. The molecule has 1 aromatic rings. The highest BCUT2D eigenvalue weighted by Crippen LogP contribution is 2.16. The Balaban J connectivity index is 1.85. The highest BCUT2D eigenvalue weighted by atomic mass is 15.2. The molecule has 0 bridgehead atoms. The van der Waals surface area contributed by atoms with Crippen LogP contribution >= 0.6 is 0 Å². The zero-order chi connectivity index (χ0) is 12.3. The van der Waals surface area contributed by atoms with E-state index < -0.39 is 0 Å². The van der Waals surface area contributed by atoms with E-state index in [1.165, 1.54) is 19.5 Å². The zero-order valence-electron chi connectivity index (χ0n) is 11.0. The first kappa shape index (κ1) is 12.3. The molecule has 2 heterocycles. The first-order chi connectivity index (χ1) is 8.17. The van der Waals surface area contributed by atoms with Gasteiger partial charge in [-0.3, -0.25) is 0 Å². The van der Waals surface area contributed by atoms with Gasteiger partial charge in [0, 0.05) is 24.5 Å². The van der Waals surface area contributed by atoms with Gasteiger partial charge in [0.2, 0.25) is 5.95 Å². The standard InChI is InChI=1S/C13H22N4/c1-4-17-6-5-12(9-17)8-14-13-15-10(2)7-11(3)16-13/h7,12H,4-6,8-9H2,1-3H3,(H,14,15,16). The van der Waals surface area contributed by atoms with Gasteiger partial charge in [-0.25, -0.2) is 9.97 Å². The molecule has 1 aliphatic heterocycles. The van der Waals surface area contributed by atoms with E-state index in [2.05, 4.69) is 27.1 Å². The fourth-order valence-corrected chi connectivity index (χ4v) is 2.41. The third-order valence-corrected chi connectivity index (χ3v) is 3.35. The maximum Gasteiger partial charge on any atom is 0.223 e. The second kappa shape index (κ2) is 5.45. The fourth-order valence-electron chi connectivity index (χ4n) is 2.41. The molecule has 4 nitrogen and oxygen atoms in total. The van der Waals surface area contributed by atoms with E-state index in [1.807, 2.05) is 19.9 Å². The monoisotopic (exact) mass is 234 g/mol. The van der Waals surface area contributed by atoms with E-state index in [-0.39, 0.29) is 0 Å². The summed E-state index contributed by atoms with van der Waals surface area (Å²) in [4.78, 5) is 11.3. The molecule has 0 saturated carbocycles. The van der Waals surface area contributed by atoms with Crippen molar-refractivity contribution < 1.29 is 0 Å². The number of nitrogens with one attached hydrogen (secondary N) is 1. The van der Waals surface area contributed by atoms with Crippen LogP contribution in [-0.2, 0) is 0 Å². The van der Waals surface area contributed by atoms with Crippen molar-refractivity contribution in [1.82, 2.24) is 14.9 Å². The Morgan fingerprint density at radius 2 is 2.06 bits per heavy atom. The maximum absolute atomic E-state index is 4.40. The molecule has 1 N–H and O–H groups in total. The summed E-state index contributed by atoms with van der Waals surface area (Å²) in [5, 5.41) is 3.36. The minimum atomic E-state index is 0.736. The average Bonchev–Trinajstić information content (AvgIpc) is 2.73. The van der Waals surface area contributed by atoms with Gasteiger partial charge in [0.25, 0.3) is 0 Å². The van der Waals surface area contributed by atoms with Crippen molar-refractivity contribution in [1.29, 1.82) is 0 Å². The third kappa shape index (κ3) is 3.40. The molecule has 0 amide bonds. The van der Waals surface area contributed by atoms with Crippen LogP contribution in [0.3, 0.4) is 0 Å². The molecule has 1 atom stereocenters. The number of aryl methyl sites for hydroxylation is 2. The van der Waals surface area contributed by atoms with Crippen LogP contribution in [0.25, 0.3) is 0 Å². The number of anilines is 1. The number of aromatic nitrogens is 2. The van der Waals surface area contributed by atoms with Gasteiger partial charge in [0.15, 0.2) is 0 Å². The highest BCUT2D eigenvalue weighted by molar-refractivity contribution is 5.27. The predicted octanol–water partition coefficient (Wildman–Crippen LogP) is 1.85. The van der Waals surface area contributed by atoms with Gasteiger partial charge in [0.05, 0.1) is 0 Å². The van der Waals surface area contributed by atoms with Crippen molar-refractivity contribution in [3.63, 3.8) is 0 Å². The van der Waals surface area contributed by atoms with Crippen LogP contribution in [-0.4, -0.2) is 41.0 Å². The van der Waals surface area contributed by atoms with Crippen LogP contribution in [0.4, 0.5) is 5.95 Å². The molecule has 0 radical (unpaired) electrons. The van der Waals surface area contributed by atoms with Crippen molar-refractivity contribution in [2.75, 3.05) is 31.5 Å². The van der Waals surface area contributed by atoms with Crippen LogP contribution in [0.2, 0.25) is 0 Å². The second-order valence-electron chi connectivity index (χ2n) is 4.90. The average molecular weight is 234 g/mol. The Morgan fingerprint density at radius 3 is 2.65 bits per heavy atom. The van der Waals surface area contributed by atoms with Crippen molar-refractivity contribution in [3.8, 4) is 0 Å². The molecule has 1 aromatic heterocycles. The summed E-state index contributed by atoms with van der Waals surface area (Å²) in [6.07, 6.45) is 1.28. The Kier molecular flexibility index (Phi) is 3.94. The first-order valence-electron chi connectivity index (χ1n) is 6.46. The molecule has 94 valence electrons. The first-order valence-corrected chi connectivity index (χ1v) is 6.46. The molecule has 0 aliphatic carbocycles. The lowest BCUT2D eigenvalue weighted by atomic mass is 10.1. The quantitative estimate of drug-likeness (QED) is 0.863. The van der Waals surface area contributed by atoms with Gasteiger partial charge in [-0.15, -0.1) is 0 Å². The smallest absolute Gasteiger partial charge is 0.223 e. The van der Waals surface area contributed by atoms with E-state index in [1.54, 1.807) is 0 Å². The molecule has 17 heavy (non-hydrogen) atoms. The summed E-state index contributed by atoms with van der Waals surface area (Å²) in [7, 11) is 0. The molecule has 0 spiro atoms. The van der Waals surface area contributed by atoms with E-state index in [4.69, 9.17) is 0 Å². The number of hydrogen-bond acceptors (Lipinski definition) is 4. The molecule has 0 aromatic carbocycles. The summed E-state index contributed by atoms with van der Waals surface area (Å²) in [6.45, 7) is 10.8. The van der Waals surface area contributed by atoms with Gasteiger partial charge in [-0.05, 0) is 45.3 Å².